The van der Waals surface area contributed by atoms with Crippen molar-refractivity contribution in [2.75, 3.05) is 6.54 Å². The first-order valence-electron chi connectivity index (χ1n) is 5.36. The molecule has 0 aromatic heterocycles. The van der Waals surface area contributed by atoms with Gasteiger partial charge in [0.25, 0.3) is 0 Å². The lowest BCUT2D eigenvalue weighted by Gasteiger charge is -2.04. The quantitative estimate of drug-likeness (QED) is 0.554. The van der Waals surface area contributed by atoms with Crippen LogP contribution in [0.4, 0.5) is 0 Å². The number of hydrogen-bond acceptors (Lipinski definition) is 3. The van der Waals surface area contributed by atoms with Crippen molar-refractivity contribution < 1.29 is 19.5 Å². The van der Waals surface area contributed by atoms with Crippen molar-refractivity contribution in [2.45, 2.75) is 38.1 Å². The first-order chi connectivity index (χ1) is 7.58. The van der Waals surface area contributed by atoms with E-state index >= 15 is 0 Å². The van der Waals surface area contributed by atoms with Crippen LogP contribution in [0.15, 0.2) is 0 Å². The summed E-state index contributed by atoms with van der Waals surface area (Å²) in [5, 5.41) is 13.6. The molecular weight excluding hydrogens is 212 g/mol. The molecule has 0 unspecified atom stereocenters. The molecule has 0 atom stereocenters. The molecule has 1 saturated carbocycles. The van der Waals surface area contributed by atoms with Crippen LogP contribution in [0.25, 0.3) is 0 Å². The monoisotopic (exact) mass is 228 g/mol. The van der Waals surface area contributed by atoms with Crippen LogP contribution < -0.4 is 10.6 Å². The Morgan fingerprint density at radius 1 is 1.06 bits per heavy atom. The van der Waals surface area contributed by atoms with Gasteiger partial charge in [-0.3, -0.25) is 14.4 Å². The Morgan fingerprint density at radius 2 is 1.75 bits per heavy atom. The number of carboxylic acids is 1. The Hall–Kier alpha value is -1.59. The summed E-state index contributed by atoms with van der Waals surface area (Å²) in [5.74, 6) is -1.40. The fourth-order valence-corrected chi connectivity index (χ4v) is 1.15. The largest absolute Gasteiger partial charge is 0.481 e. The van der Waals surface area contributed by atoms with Crippen LogP contribution in [0.5, 0.6) is 0 Å². The number of carbonyl (C=O) groups excluding carboxylic acids is 2. The SMILES string of the molecule is O=C(O)CCC(=O)NCCC(=O)NC1CC1. The fourth-order valence-electron chi connectivity index (χ4n) is 1.15. The zero-order valence-electron chi connectivity index (χ0n) is 8.99. The van der Waals surface area contributed by atoms with Crippen LogP contribution in [0.3, 0.4) is 0 Å². The summed E-state index contributed by atoms with van der Waals surface area (Å²) in [6.45, 7) is 0.261. The second-order valence-corrected chi connectivity index (χ2v) is 3.84. The minimum absolute atomic E-state index is 0.0421. The molecule has 0 aliphatic heterocycles. The Kier molecular flexibility index (Phi) is 4.75. The standard InChI is InChI=1S/C10H16N2O4/c13-8(3-4-10(15)16)11-6-5-9(14)12-7-1-2-7/h7H,1-6H2,(H,11,13)(H,12,14)(H,15,16). The van der Waals surface area contributed by atoms with Crippen molar-refractivity contribution in [1.29, 1.82) is 0 Å². The van der Waals surface area contributed by atoms with Gasteiger partial charge in [-0.15, -0.1) is 0 Å². The lowest BCUT2D eigenvalue weighted by molar-refractivity contribution is -0.138. The van der Waals surface area contributed by atoms with Gasteiger partial charge in [-0.1, -0.05) is 0 Å². The average Bonchev–Trinajstić information content (AvgIpc) is 2.98. The van der Waals surface area contributed by atoms with Crippen molar-refractivity contribution in [3.63, 3.8) is 0 Å². The highest BCUT2D eigenvalue weighted by Gasteiger charge is 2.22. The molecular formula is C10H16N2O4. The highest BCUT2D eigenvalue weighted by Crippen LogP contribution is 2.18. The van der Waals surface area contributed by atoms with E-state index in [0.29, 0.717) is 6.04 Å². The summed E-state index contributed by atoms with van der Waals surface area (Å²) in [6, 6.07) is 0.329. The van der Waals surface area contributed by atoms with Gasteiger partial charge in [0.05, 0.1) is 6.42 Å². The number of carboxylic acid groups (broad SMARTS) is 1. The van der Waals surface area contributed by atoms with Gasteiger partial charge in [-0.05, 0) is 12.8 Å². The fraction of sp³-hybridized carbons (Fsp3) is 0.700. The minimum atomic E-state index is -0.998. The highest BCUT2D eigenvalue weighted by atomic mass is 16.4. The summed E-state index contributed by atoms with van der Waals surface area (Å²) < 4.78 is 0. The van der Waals surface area contributed by atoms with Crippen LogP contribution in [-0.2, 0) is 14.4 Å². The summed E-state index contributed by atoms with van der Waals surface area (Å²) in [6.07, 6.45) is 2.10. The summed E-state index contributed by atoms with van der Waals surface area (Å²) in [4.78, 5) is 32.4. The summed E-state index contributed by atoms with van der Waals surface area (Å²) >= 11 is 0. The molecule has 6 heteroatoms. The molecule has 0 aromatic carbocycles. The molecule has 1 fully saturated rings. The second kappa shape index (κ2) is 6.09. The zero-order valence-corrected chi connectivity index (χ0v) is 8.99. The molecule has 0 radical (unpaired) electrons. The first-order valence-corrected chi connectivity index (χ1v) is 5.36. The molecule has 0 aromatic rings. The lowest BCUT2D eigenvalue weighted by Crippen LogP contribution is -2.31. The van der Waals surface area contributed by atoms with Gasteiger partial charge < -0.3 is 15.7 Å². The maximum absolute atomic E-state index is 11.2. The smallest absolute Gasteiger partial charge is 0.303 e. The van der Waals surface area contributed by atoms with Crippen LogP contribution in [0.2, 0.25) is 0 Å². The van der Waals surface area contributed by atoms with Crippen molar-refractivity contribution in [3.05, 3.63) is 0 Å². The maximum Gasteiger partial charge on any atom is 0.303 e. The average molecular weight is 228 g/mol. The third-order valence-electron chi connectivity index (χ3n) is 2.18. The highest BCUT2D eigenvalue weighted by molar-refractivity contribution is 5.81. The van der Waals surface area contributed by atoms with Crippen molar-refractivity contribution >= 4 is 17.8 Å². The molecule has 0 spiro atoms. The maximum atomic E-state index is 11.2. The lowest BCUT2D eigenvalue weighted by atomic mass is 10.3. The first kappa shape index (κ1) is 12.5. The third kappa shape index (κ3) is 6.00. The minimum Gasteiger partial charge on any atom is -0.481 e. The third-order valence-corrected chi connectivity index (χ3v) is 2.18. The molecule has 0 bridgehead atoms. The number of amides is 2. The van der Waals surface area contributed by atoms with Gasteiger partial charge in [-0.2, -0.15) is 0 Å². The Bertz CT molecular complexity index is 287. The van der Waals surface area contributed by atoms with Crippen molar-refractivity contribution in [2.24, 2.45) is 0 Å². The van der Waals surface area contributed by atoms with Crippen LogP contribution in [0.1, 0.15) is 32.1 Å². The van der Waals surface area contributed by atoms with Gasteiger partial charge in [0.1, 0.15) is 0 Å². The van der Waals surface area contributed by atoms with E-state index in [-0.39, 0.29) is 37.6 Å². The molecule has 1 aliphatic rings. The van der Waals surface area contributed by atoms with Crippen LogP contribution in [0, 0.1) is 0 Å². The van der Waals surface area contributed by atoms with E-state index in [0.717, 1.165) is 12.8 Å². The van der Waals surface area contributed by atoms with Gasteiger partial charge >= 0.3 is 5.97 Å². The zero-order chi connectivity index (χ0) is 12.0. The Morgan fingerprint density at radius 3 is 2.31 bits per heavy atom. The van der Waals surface area contributed by atoms with Gasteiger partial charge in [0, 0.05) is 25.4 Å². The molecule has 6 nitrogen and oxygen atoms in total. The molecule has 3 N–H and O–H groups in total. The summed E-state index contributed by atoms with van der Waals surface area (Å²) in [5.41, 5.74) is 0. The van der Waals surface area contributed by atoms with E-state index in [1.165, 1.54) is 0 Å². The van der Waals surface area contributed by atoms with E-state index in [1.54, 1.807) is 0 Å². The Labute approximate surface area is 93.4 Å². The summed E-state index contributed by atoms with van der Waals surface area (Å²) in [7, 11) is 0. The number of rotatable bonds is 7. The van der Waals surface area contributed by atoms with Gasteiger partial charge in [0.15, 0.2) is 0 Å². The van der Waals surface area contributed by atoms with Gasteiger partial charge in [-0.25, -0.2) is 0 Å². The Balaban J connectivity index is 1.98. The number of carbonyl (C=O) groups is 3. The predicted octanol–water partition coefficient (Wildman–Crippen LogP) is -0.364. The normalized spacial score (nSPS) is 14.2. The predicted molar refractivity (Wildman–Crippen MR) is 55.7 cm³/mol. The van der Waals surface area contributed by atoms with Crippen LogP contribution in [-0.4, -0.2) is 35.5 Å². The number of nitrogens with one attached hydrogen (secondary N) is 2. The van der Waals surface area contributed by atoms with Crippen LogP contribution >= 0.6 is 0 Å². The van der Waals surface area contributed by atoms with E-state index in [2.05, 4.69) is 10.6 Å². The number of aliphatic carboxylic acids is 1. The van der Waals surface area contributed by atoms with Crippen molar-refractivity contribution in [1.82, 2.24) is 10.6 Å². The molecule has 1 rings (SSSR count). The molecule has 0 saturated heterocycles. The number of hydrogen-bond donors (Lipinski definition) is 3. The molecule has 2 amide bonds. The van der Waals surface area contributed by atoms with Gasteiger partial charge in [0.2, 0.25) is 11.8 Å². The molecule has 1 aliphatic carbocycles. The van der Waals surface area contributed by atoms with E-state index in [1.807, 2.05) is 0 Å². The second-order valence-electron chi connectivity index (χ2n) is 3.84. The molecule has 16 heavy (non-hydrogen) atoms. The molecule has 90 valence electrons. The van der Waals surface area contributed by atoms with E-state index < -0.39 is 5.97 Å². The van der Waals surface area contributed by atoms with E-state index in [4.69, 9.17) is 5.11 Å². The van der Waals surface area contributed by atoms with Crippen molar-refractivity contribution in [3.8, 4) is 0 Å². The van der Waals surface area contributed by atoms with E-state index in [9.17, 15) is 14.4 Å². The topological polar surface area (TPSA) is 95.5 Å². The molecule has 0 heterocycles.